The van der Waals surface area contributed by atoms with Gasteiger partial charge >= 0.3 is 0 Å². The average Bonchev–Trinajstić information content (AvgIpc) is 2.66. The topological polar surface area (TPSA) is 88.0 Å². The monoisotopic (exact) mass is 351 g/mol. The lowest BCUT2D eigenvalue weighted by molar-refractivity contribution is -0.121. The molecule has 0 fully saturated rings. The fourth-order valence-corrected chi connectivity index (χ4v) is 3.33. The maximum absolute atomic E-state index is 12.9. The van der Waals surface area contributed by atoms with Crippen molar-refractivity contribution in [1.82, 2.24) is 10.3 Å². The number of carbonyl (C=O) groups is 1. The van der Waals surface area contributed by atoms with Crippen LogP contribution in [0.5, 0.6) is 0 Å². The van der Waals surface area contributed by atoms with Crippen molar-refractivity contribution < 1.29 is 4.79 Å². The second kappa shape index (κ2) is 8.63. The van der Waals surface area contributed by atoms with Crippen LogP contribution in [0.3, 0.4) is 0 Å². The number of nitrogens with one attached hydrogen (secondary N) is 2. The lowest BCUT2D eigenvalue weighted by atomic mass is 10.00. The van der Waals surface area contributed by atoms with Crippen LogP contribution in [-0.2, 0) is 11.2 Å². The van der Waals surface area contributed by atoms with Gasteiger partial charge in [-0.1, -0.05) is 30.7 Å². The first-order valence-electron chi connectivity index (χ1n) is 9.20. The van der Waals surface area contributed by atoms with E-state index in [1.54, 1.807) is 0 Å². The first-order chi connectivity index (χ1) is 12.7. The van der Waals surface area contributed by atoms with Gasteiger partial charge in [0.1, 0.15) is 0 Å². The maximum Gasteiger partial charge on any atom is 0.220 e. The molecule has 5 heteroatoms. The van der Waals surface area contributed by atoms with E-state index in [0.29, 0.717) is 19.5 Å². The molecule has 0 radical (unpaired) electrons. The number of carbonyl (C=O) groups excluding carboxylic acids is 1. The molecular formula is C21H25N3O2. The number of nitrogens with two attached hydrogens (primary N) is 1. The first kappa shape index (κ1) is 18.1. The number of H-pyrrole nitrogens is 1. The predicted molar refractivity (Wildman–Crippen MR) is 106 cm³/mol. The van der Waals surface area contributed by atoms with Crippen LogP contribution in [0.4, 0.5) is 0 Å². The number of unbranched alkanes of at least 4 members (excludes halogenated alkanes) is 2. The summed E-state index contributed by atoms with van der Waals surface area (Å²) in [6.07, 6.45) is 4.12. The molecule has 5 nitrogen and oxygen atoms in total. The Labute approximate surface area is 152 Å². The van der Waals surface area contributed by atoms with Gasteiger partial charge in [0.15, 0.2) is 5.43 Å². The van der Waals surface area contributed by atoms with Crippen molar-refractivity contribution in [2.75, 3.05) is 13.1 Å². The van der Waals surface area contributed by atoms with Crippen molar-refractivity contribution in [3.05, 3.63) is 58.3 Å². The summed E-state index contributed by atoms with van der Waals surface area (Å²) in [5, 5.41) is 4.29. The average molecular weight is 351 g/mol. The zero-order valence-corrected chi connectivity index (χ0v) is 14.9. The van der Waals surface area contributed by atoms with Gasteiger partial charge in [-0.3, -0.25) is 9.59 Å². The van der Waals surface area contributed by atoms with Crippen LogP contribution >= 0.6 is 0 Å². The number of amides is 1. The van der Waals surface area contributed by atoms with Gasteiger partial charge in [0.05, 0.1) is 5.52 Å². The quantitative estimate of drug-likeness (QED) is 0.431. The molecule has 0 unspecified atom stereocenters. The summed E-state index contributed by atoms with van der Waals surface area (Å²) in [6, 6.07) is 13.6. The first-order valence-corrected chi connectivity index (χ1v) is 9.20. The van der Waals surface area contributed by atoms with Crippen molar-refractivity contribution in [2.45, 2.75) is 32.1 Å². The van der Waals surface area contributed by atoms with Gasteiger partial charge in [-0.2, -0.15) is 0 Å². The summed E-state index contributed by atoms with van der Waals surface area (Å²) in [4.78, 5) is 27.8. The number of rotatable bonds is 8. The van der Waals surface area contributed by atoms with E-state index in [1.807, 2.05) is 42.5 Å². The van der Waals surface area contributed by atoms with E-state index in [-0.39, 0.29) is 11.3 Å². The standard InChI is InChI=1S/C21H25N3O2/c22-13-14-23-19(25)12-3-1-2-7-15-8-6-11-18-20(15)21(26)16-9-4-5-10-17(16)24-18/h4-6,8-11H,1-3,7,12-14,22H2,(H,23,25)(H,24,26). The molecule has 0 saturated carbocycles. The van der Waals surface area contributed by atoms with Crippen molar-refractivity contribution in [3.8, 4) is 0 Å². The Bertz CT molecular complexity index is 962. The Balaban J connectivity index is 1.68. The van der Waals surface area contributed by atoms with Gasteiger partial charge in [-0.25, -0.2) is 0 Å². The van der Waals surface area contributed by atoms with E-state index in [1.165, 1.54) is 0 Å². The third-order valence-corrected chi connectivity index (χ3v) is 4.64. The highest BCUT2D eigenvalue weighted by atomic mass is 16.1. The molecule has 0 spiro atoms. The molecular weight excluding hydrogens is 326 g/mol. The highest BCUT2D eigenvalue weighted by Crippen LogP contribution is 2.20. The molecule has 3 rings (SSSR count). The maximum atomic E-state index is 12.9. The molecule has 0 atom stereocenters. The number of pyridine rings is 1. The van der Waals surface area contributed by atoms with Gasteiger partial charge in [0.2, 0.25) is 5.91 Å². The zero-order chi connectivity index (χ0) is 18.4. The van der Waals surface area contributed by atoms with Crippen molar-refractivity contribution in [3.63, 3.8) is 0 Å². The zero-order valence-electron chi connectivity index (χ0n) is 14.9. The summed E-state index contributed by atoms with van der Waals surface area (Å²) < 4.78 is 0. The van der Waals surface area contributed by atoms with Gasteiger partial charge in [-0.05, 0) is 43.0 Å². The van der Waals surface area contributed by atoms with E-state index < -0.39 is 0 Å². The Kier molecular flexibility index (Phi) is 6.02. The van der Waals surface area contributed by atoms with Gasteiger partial charge in [0.25, 0.3) is 0 Å². The van der Waals surface area contributed by atoms with Gasteiger partial charge in [-0.15, -0.1) is 0 Å². The van der Waals surface area contributed by atoms with E-state index in [2.05, 4.69) is 10.3 Å². The lowest BCUT2D eigenvalue weighted by Gasteiger charge is -2.08. The molecule has 0 bridgehead atoms. The Morgan fingerprint density at radius 2 is 1.81 bits per heavy atom. The molecule has 1 amide bonds. The molecule has 0 aliphatic heterocycles. The molecule has 0 aliphatic rings. The highest BCUT2D eigenvalue weighted by Gasteiger charge is 2.09. The number of para-hydroxylation sites is 1. The molecule has 0 aliphatic carbocycles. The molecule has 0 saturated heterocycles. The third-order valence-electron chi connectivity index (χ3n) is 4.64. The van der Waals surface area contributed by atoms with Crippen LogP contribution in [0.25, 0.3) is 21.8 Å². The van der Waals surface area contributed by atoms with Gasteiger partial charge in [0, 0.05) is 35.8 Å². The minimum atomic E-state index is 0.0588. The van der Waals surface area contributed by atoms with Crippen LogP contribution in [0.1, 0.15) is 31.2 Å². The van der Waals surface area contributed by atoms with Crippen LogP contribution in [0.2, 0.25) is 0 Å². The minimum Gasteiger partial charge on any atom is -0.355 e. The summed E-state index contributed by atoms with van der Waals surface area (Å²) in [5.74, 6) is 0.0588. The predicted octanol–water partition coefficient (Wildman–Crippen LogP) is 2.86. The summed E-state index contributed by atoms with van der Waals surface area (Å²) in [5.41, 5.74) is 8.28. The van der Waals surface area contributed by atoms with Crippen LogP contribution in [-0.4, -0.2) is 24.0 Å². The van der Waals surface area contributed by atoms with Crippen LogP contribution < -0.4 is 16.5 Å². The second-order valence-corrected chi connectivity index (χ2v) is 6.54. The minimum absolute atomic E-state index is 0.0588. The van der Waals surface area contributed by atoms with Crippen LogP contribution in [0.15, 0.2) is 47.3 Å². The fraction of sp³-hybridized carbons (Fsp3) is 0.333. The van der Waals surface area contributed by atoms with Crippen molar-refractivity contribution in [2.24, 2.45) is 5.73 Å². The summed E-state index contributed by atoms with van der Waals surface area (Å²) in [6.45, 7) is 1.00. The van der Waals surface area contributed by atoms with E-state index >= 15 is 0 Å². The smallest absolute Gasteiger partial charge is 0.220 e. The molecule has 1 aromatic heterocycles. The van der Waals surface area contributed by atoms with E-state index in [9.17, 15) is 9.59 Å². The Hall–Kier alpha value is -2.66. The molecule has 1 heterocycles. The number of fused-ring (bicyclic) bond motifs is 2. The Morgan fingerprint density at radius 1 is 1.00 bits per heavy atom. The van der Waals surface area contributed by atoms with E-state index in [4.69, 9.17) is 5.73 Å². The number of aromatic amines is 1. The third kappa shape index (κ3) is 4.11. The number of hydrogen-bond donors (Lipinski definition) is 3. The van der Waals surface area contributed by atoms with Crippen molar-refractivity contribution in [1.29, 1.82) is 0 Å². The van der Waals surface area contributed by atoms with Crippen LogP contribution in [0, 0.1) is 0 Å². The normalized spacial score (nSPS) is 11.1. The number of aromatic nitrogens is 1. The molecule has 3 aromatic rings. The highest BCUT2D eigenvalue weighted by molar-refractivity contribution is 5.94. The van der Waals surface area contributed by atoms with Gasteiger partial charge < -0.3 is 16.0 Å². The molecule has 26 heavy (non-hydrogen) atoms. The largest absolute Gasteiger partial charge is 0.355 e. The molecule has 136 valence electrons. The molecule has 2 aromatic carbocycles. The van der Waals surface area contributed by atoms with Crippen molar-refractivity contribution >= 4 is 27.7 Å². The number of benzene rings is 2. The SMILES string of the molecule is NCCNC(=O)CCCCCc1cccc2[nH]c3ccccc3c(=O)c12. The summed E-state index contributed by atoms with van der Waals surface area (Å²) in [7, 11) is 0. The second-order valence-electron chi connectivity index (χ2n) is 6.54. The number of aryl methyl sites for hydroxylation is 1. The van der Waals surface area contributed by atoms with E-state index in [0.717, 1.165) is 53.1 Å². The lowest BCUT2D eigenvalue weighted by Crippen LogP contribution is -2.28. The fourth-order valence-electron chi connectivity index (χ4n) is 3.33. The number of hydrogen-bond acceptors (Lipinski definition) is 3. The summed E-state index contributed by atoms with van der Waals surface area (Å²) >= 11 is 0. The Morgan fingerprint density at radius 3 is 2.65 bits per heavy atom. The molecule has 4 N–H and O–H groups in total.